The van der Waals surface area contributed by atoms with Gasteiger partial charge in [-0.2, -0.15) is 0 Å². The largest absolute Gasteiger partial charge is 0.465 e. The van der Waals surface area contributed by atoms with E-state index in [9.17, 15) is 12.8 Å². The highest BCUT2D eigenvalue weighted by Crippen LogP contribution is 2.19. The summed E-state index contributed by atoms with van der Waals surface area (Å²) in [4.78, 5) is -0.155. The number of benzene rings is 1. The van der Waals surface area contributed by atoms with Crippen molar-refractivity contribution in [2.75, 3.05) is 5.73 Å². The molecule has 19 heavy (non-hydrogen) atoms. The first kappa shape index (κ1) is 13.6. The average Bonchev–Trinajstić information content (AvgIpc) is 2.72. The van der Waals surface area contributed by atoms with E-state index < -0.39 is 15.8 Å². The topological polar surface area (TPSA) is 85.3 Å². The molecule has 2 aromatic rings. The van der Waals surface area contributed by atoms with Gasteiger partial charge in [-0.1, -0.05) is 0 Å². The third kappa shape index (κ3) is 3.12. The predicted molar refractivity (Wildman–Crippen MR) is 68.3 cm³/mol. The molecular formula is C12H13FN2O3S. The Labute approximate surface area is 110 Å². The van der Waals surface area contributed by atoms with Gasteiger partial charge in [0.1, 0.15) is 22.2 Å². The van der Waals surface area contributed by atoms with Gasteiger partial charge in [-0.15, -0.1) is 0 Å². The lowest BCUT2D eigenvalue weighted by atomic mass is 10.3. The zero-order valence-corrected chi connectivity index (χ0v) is 11.0. The molecule has 1 aromatic carbocycles. The Morgan fingerprint density at radius 1 is 1.32 bits per heavy atom. The van der Waals surface area contributed by atoms with Gasteiger partial charge < -0.3 is 10.2 Å². The van der Waals surface area contributed by atoms with Crippen molar-refractivity contribution in [3.63, 3.8) is 0 Å². The normalized spacial score (nSPS) is 11.7. The van der Waals surface area contributed by atoms with Gasteiger partial charge in [0.25, 0.3) is 0 Å². The quantitative estimate of drug-likeness (QED) is 0.838. The lowest BCUT2D eigenvalue weighted by Crippen LogP contribution is -2.24. The molecule has 0 amide bonds. The summed E-state index contributed by atoms with van der Waals surface area (Å²) in [7, 11) is -3.80. The standard InChI is InChI=1S/C12H13FN2O3S/c1-8-2-4-10(18-8)7-15-19(16,17)12-5-3-9(13)6-11(12)14/h2-6,15H,7,14H2,1H3. The molecule has 2 rings (SSSR count). The zero-order chi connectivity index (χ0) is 14.0. The van der Waals surface area contributed by atoms with Gasteiger partial charge in [0, 0.05) is 0 Å². The Morgan fingerprint density at radius 2 is 2.05 bits per heavy atom. The van der Waals surface area contributed by atoms with Crippen molar-refractivity contribution in [3.8, 4) is 0 Å². The van der Waals surface area contributed by atoms with Crippen molar-refractivity contribution >= 4 is 15.7 Å². The molecule has 102 valence electrons. The minimum Gasteiger partial charge on any atom is -0.465 e. The van der Waals surface area contributed by atoms with Crippen LogP contribution in [0.15, 0.2) is 39.6 Å². The Bertz CT molecular complexity index is 695. The van der Waals surface area contributed by atoms with Gasteiger partial charge in [0.15, 0.2) is 0 Å². The molecule has 3 N–H and O–H groups in total. The number of hydrogen-bond acceptors (Lipinski definition) is 4. The maximum Gasteiger partial charge on any atom is 0.243 e. The molecule has 0 aliphatic heterocycles. The van der Waals surface area contributed by atoms with Crippen LogP contribution in [0.3, 0.4) is 0 Å². The smallest absolute Gasteiger partial charge is 0.243 e. The van der Waals surface area contributed by atoms with Gasteiger partial charge in [-0.25, -0.2) is 17.5 Å². The minimum absolute atomic E-state index is 0.00693. The van der Waals surface area contributed by atoms with Crippen LogP contribution in [0.25, 0.3) is 0 Å². The Morgan fingerprint density at radius 3 is 2.63 bits per heavy atom. The fraction of sp³-hybridized carbons (Fsp3) is 0.167. The van der Waals surface area contributed by atoms with E-state index in [2.05, 4.69) is 4.72 Å². The van der Waals surface area contributed by atoms with Crippen LogP contribution < -0.4 is 10.5 Å². The van der Waals surface area contributed by atoms with Crippen LogP contribution in [0.1, 0.15) is 11.5 Å². The van der Waals surface area contributed by atoms with E-state index in [-0.39, 0.29) is 17.1 Å². The third-order valence-corrected chi connectivity index (χ3v) is 3.97. The van der Waals surface area contributed by atoms with E-state index in [0.717, 1.165) is 18.2 Å². The van der Waals surface area contributed by atoms with Crippen LogP contribution >= 0.6 is 0 Å². The molecule has 1 aromatic heterocycles. The second-order valence-electron chi connectivity index (χ2n) is 4.02. The maximum absolute atomic E-state index is 12.9. The predicted octanol–water partition coefficient (Wildman–Crippen LogP) is 1.79. The number of nitrogen functional groups attached to an aromatic ring is 1. The number of anilines is 1. The number of hydrogen-bond donors (Lipinski definition) is 2. The highest BCUT2D eigenvalue weighted by molar-refractivity contribution is 7.89. The second-order valence-corrected chi connectivity index (χ2v) is 5.75. The average molecular weight is 284 g/mol. The van der Waals surface area contributed by atoms with E-state index in [1.165, 1.54) is 0 Å². The van der Waals surface area contributed by atoms with Crippen LogP contribution in [-0.4, -0.2) is 8.42 Å². The number of halogens is 1. The monoisotopic (exact) mass is 284 g/mol. The van der Waals surface area contributed by atoms with Crippen molar-refractivity contribution < 1.29 is 17.2 Å². The summed E-state index contributed by atoms with van der Waals surface area (Å²) in [5.41, 5.74) is 5.36. The van der Waals surface area contributed by atoms with E-state index >= 15 is 0 Å². The van der Waals surface area contributed by atoms with Crippen LogP contribution in [-0.2, 0) is 16.6 Å². The Balaban J connectivity index is 2.18. The molecule has 0 radical (unpaired) electrons. The molecular weight excluding hydrogens is 271 g/mol. The summed E-state index contributed by atoms with van der Waals surface area (Å²) in [5, 5.41) is 0. The van der Waals surface area contributed by atoms with E-state index in [4.69, 9.17) is 10.2 Å². The van der Waals surface area contributed by atoms with E-state index in [1.807, 2.05) is 0 Å². The summed E-state index contributed by atoms with van der Waals surface area (Å²) in [6, 6.07) is 6.54. The Kier molecular flexibility index (Phi) is 3.59. The molecule has 7 heteroatoms. The van der Waals surface area contributed by atoms with Crippen LogP contribution in [0.2, 0.25) is 0 Å². The van der Waals surface area contributed by atoms with Gasteiger partial charge in [-0.3, -0.25) is 0 Å². The highest BCUT2D eigenvalue weighted by atomic mass is 32.2. The summed E-state index contributed by atoms with van der Waals surface area (Å²) < 4.78 is 44.4. The van der Waals surface area contributed by atoms with Crippen molar-refractivity contribution in [1.82, 2.24) is 4.72 Å². The lowest BCUT2D eigenvalue weighted by molar-refractivity contribution is 0.475. The third-order valence-electron chi connectivity index (χ3n) is 2.49. The molecule has 0 saturated heterocycles. The molecule has 0 fully saturated rings. The fourth-order valence-electron chi connectivity index (χ4n) is 1.59. The first-order valence-corrected chi connectivity index (χ1v) is 6.97. The SMILES string of the molecule is Cc1ccc(CNS(=O)(=O)c2ccc(F)cc2N)o1. The number of sulfonamides is 1. The van der Waals surface area contributed by atoms with Gasteiger partial charge >= 0.3 is 0 Å². The van der Waals surface area contributed by atoms with Crippen LogP contribution in [0.5, 0.6) is 0 Å². The van der Waals surface area contributed by atoms with Gasteiger partial charge in [-0.05, 0) is 37.3 Å². The van der Waals surface area contributed by atoms with Crippen molar-refractivity contribution in [3.05, 3.63) is 47.7 Å². The van der Waals surface area contributed by atoms with E-state index in [0.29, 0.717) is 11.5 Å². The highest BCUT2D eigenvalue weighted by Gasteiger charge is 2.18. The van der Waals surface area contributed by atoms with Gasteiger partial charge in [0.2, 0.25) is 10.0 Å². The van der Waals surface area contributed by atoms with E-state index in [1.54, 1.807) is 19.1 Å². The molecule has 0 saturated carbocycles. The van der Waals surface area contributed by atoms with Crippen molar-refractivity contribution in [2.24, 2.45) is 0 Å². The fourth-order valence-corrected chi connectivity index (χ4v) is 2.69. The van der Waals surface area contributed by atoms with Crippen LogP contribution in [0, 0.1) is 12.7 Å². The molecule has 5 nitrogen and oxygen atoms in total. The summed E-state index contributed by atoms with van der Waals surface area (Å²) >= 11 is 0. The molecule has 0 aliphatic carbocycles. The number of nitrogens with one attached hydrogen (secondary N) is 1. The molecule has 0 atom stereocenters. The van der Waals surface area contributed by atoms with Gasteiger partial charge in [0.05, 0.1) is 12.2 Å². The second kappa shape index (κ2) is 5.02. The zero-order valence-electron chi connectivity index (χ0n) is 10.2. The van der Waals surface area contributed by atoms with Crippen molar-refractivity contribution in [1.29, 1.82) is 0 Å². The molecule has 0 spiro atoms. The lowest BCUT2D eigenvalue weighted by Gasteiger charge is -2.08. The summed E-state index contributed by atoms with van der Waals surface area (Å²) in [6.45, 7) is 1.77. The summed E-state index contributed by atoms with van der Waals surface area (Å²) in [6.07, 6.45) is 0. The number of rotatable bonds is 4. The maximum atomic E-state index is 12.9. The van der Waals surface area contributed by atoms with Crippen LogP contribution in [0.4, 0.5) is 10.1 Å². The minimum atomic E-state index is -3.80. The molecule has 0 bridgehead atoms. The number of aryl methyl sites for hydroxylation is 1. The summed E-state index contributed by atoms with van der Waals surface area (Å²) in [5.74, 6) is 0.593. The molecule has 0 unspecified atom stereocenters. The first-order valence-electron chi connectivity index (χ1n) is 5.48. The Hall–Kier alpha value is -1.86. The number of furan rings is 1. The first-order chi connectivity index (χ1) is 8.88. The number of nitrogens with two attached hydrogens (primary N) is 1. The molecule has 0 aliphatic rings. The molecule has 1 heterocycles. The van der Waals surface area contributed by atoms with Crippen molar-refractivity contribution in [2.45, 2.75) is 18.4 Å².